The number of rotatable bonds is 4. The van der Waals surface area contributed by atoms with Crippen molar-refractivity contribution in [2.24, 2.45) is 7.05 Å². The van der Waals surface area contributed by atoms with Gasteiger partial charge >= 0.3 is 0 Å². The first-order chi connectivity index (χ1) is 7.25. The van der Waals surface area contributed by atoms with Gasteiger partial charge in [-0.05, 0) is 41.5 Å². The lowest BCUT2D eigenvalue weighted by atomic mass is 10.1. The van der Waals surface area contributed by atoms with Crippen molar-refractivity contribution in [1.29, 1.82) is 0 Å². The maximum atomic E-state index is 6.01. The Morgan fingerprint density at radius 3 is 2.25 bits per heavy atom. The summed E-state index contributed by atoms with van der Waals surface area (Å²) in [6.45, 7) is 12.8. The van der Waals surface area contributed by atoms with Gasteiger partial charge < -0.3 is 4.74 Å². The molecule has 0 aliphatic carbocycles. The van der Waals surface area contributed by atoms with E-state index >= 15 is 0 Å². The zero-order chi connectivity index (χ0) is 12.5. The normalized spacial score (nSPS) is 12.8. The Balaban J connectivity index is 3.15. The lowest BCUT2D eigenvalue weighted by Gasteiger charge is -2.25. The third-order valence-electron chi connectivity index (χ3n) is 2.65. The summed E-state index contributed by atoms with van der Waals surface area (Å²) in [5.74, 6) is 1.20. The fraction of sp³-hybridized carbons (Fsp3) is 0.769. The molecule has 3 nitrogen and oxygen atoms in total. The second-order valence-corrected chi connectivity index (χ2v) is 5.41. The molecule has 0 saturated heterocycles. The van der Waals surface area contributed by atoms with Gasteiger partial charge in [0.2, 0.25) is 0 Å². The molecular weight excluding hydrogens is 200 g/mol. The van der Waals surface area contributed by atoms with Crippen molar-refractivity contribution in [3.63, 3.8) is 0 Å². The topological polar surface area (TPSA) is 18.0 Å². The van der Waals surface area contributed by atoms with Gasteiger partial charge in [-0.1, -0.05) is 0 Å². The van der Waals surface area contributed by atoms with E-state index in [1.165, 1.54) is 5.82 Å². The highest BCUT2D eigenvalue weighted by Crippen LogP contribution is 2.25. The Morgan fingerprint density at radius 1 is 1.25 bits per heavy atom. The summed E-state index contributed by atoms with van der Waals surface area (Å²) in [6, 6.07) is 0.450. The molecule has 16 heavy (non-hydrogen) atoms. The molecule has 0 N–H and O–H groups in total. The van der Waals surface area contributed by atoms with E-state index in [0.717, 1.165) is 0 Å². The number of imidazole rings is 1. The molecule has 0 aliphatic heterocycles. The molecule has 3 heteroatoms. The molecule has 0 saturated carbocycles. The molecule has 0 spiro atoms. The van der Waals surface area contributed by atoms with Gasteiger partial charge in [-0.15, -0.1) is 0 Å². The van der Waals surface area contributed by atoms with Gasteiger partial charge in [-0.3, -0.25) is 0 Å². The fourth-order valence-corrected chi connectivity index (χ4v) is 2.29. The van der Waals surface area contributed by atoms with Crippen molar-refractivity contribution < 1.29 is 9.30 Å². The molecule has 0 aromatic carbocycles. The van der Waals surface area contributed by atoms with Crippen molar-refractivity contribution in [3.05, 3.63) is 18.2 Å². The van der Waals surface area contributed by atoms with Gasteiger partial charge in [0.25, 0.3) is 5.82 Å². The van der Waals surface area contributed by atoms with E-state index < -0.39 is 0 Å². The molecule has 0 unspecified atom stereocenters. The van der Waals surface area contributed by atoms with Gasteiger partial charge in [-0.2, -0.15) is 0 Å². The molecule has 0 radical (unpaired) electrons. The minimum Gasteiger partial charge on any atom is -0.360 e. The Bertz CT molecular complexity index is 351. The quantitative estimate of drug-likeness (QED) is 0.720. The second-order valence-electron chi connectivity index (χ2n) is 5.41. The number of nitrogens with zero attached hydrogens (tertiary/aromatic N) is 2. The lowest BCUT2D eigenvalue weighted by molar-refractivity contribution is -0.686. The molecule has 92 valence electrons. The van der Waals surface area contributed by atoms with Crippen LogP contribution in [0.4, 0.5) is 0 Å². The fourth-order valence-electron chi connectivity index (χ4n) is 2.29. The monoisotopic (exact) mass is 225 g/mol. The van der Waals surface area contributed by atoms with Crippen LogP contribution in [0.25, 0.3) is 0 Å². The Labute approximate surface area is 99.0 Å². The molecule has 0 amide bonds. The minimum absolute atomic E-state index is 0.227. The summed E-state index contributed by atoms with van der Waals surface area (Å²) >= 11 is 0. The van der Waals surface area contributed by atoms with Crippen molar-refractivity contribution in [3.8, 4) is 0 Å². The Hall–Kier alpha value is -0.830. The zero-order valence-electron chi connectivity index (χ0n) is 11.6. The highest BCUT2D eigenvalue weighted by Gasteiger charge is 2.36. The highest BCUT2D eigenvalue weighted by molar-refractivity contribution is 4.97. The number of hydrogen-bond donors (Lipinski definition) is 0. The van der Waals surface area contributed by atoms with E-state index in [4.69, 9.17) is 4.74 Å². The number of hydrogen-bond acceptors (Lipinski definition) is 1. The number of ether oxygens (including phenoxy) is 1. The van der Waals surface area contributed by atoms with Crippen LogP contribution in [0.1, 0.15) is 53.4 Å². The molecule has 0 fully saturated rings. The summed E-state index contributed by atoms with van der Waals surface area (Å²) < 4.78 is 10.4. The maximum absolute atomic E-state index is 6.01. The SMILES string of the molecule is CC(C)OC(C)(C)c1n(C(C)C)cc[n+]1C. The minimum atomic E-state index is -0.267. The average molecular weight is 225 g/mol. The summed E-state index contributed by atoms with van der Waals surface area (Å²) in [5, 5.41) is 0. The first kappa shape index (κ1) is 13.2. The largest absolute Gasteiger partial charge is 0.360 e. The van der Waals surface area contributed by atoms with Crippen LogP contribution in [0, 0.1) is 0 Å². The smallest absolute Gasteiger partial charge is 0.288 e. The van der Waals surface area contributed by atoms with Crippen LogP contribution in [0.2, 0.25) is 0 Å². The van der Waals surface area contributed by atoms with Gasteiger partial charge in [0.1, 0.15) is 12.4 Å². The van der Waals surface area contributed by atoms with Gasteiger partial charge in [0.15, 0.2) is 5.60 Å². The summed E-state index contributed by atoms with van der Waals surface area (Å²) in [5.41, 5.74) is -0.267. The molecule has 1 aromatic rings. The van der Waals surface area contributed by atoms with Crippen LogP contribution in [-0.4, -0.2) is 10.7 Å². The van der Waals surface area contributed by atoms with Crippen LogP contribution in [0.15, 0.2) is 12.4 Å². The van der Waals surface area contributed by atoms with E-state index in [1.54, 1.807) is 0 Å². The predicted molar refractivity (Wildman–Crippen MR) is 65.2 cm³/mol. The van der Waals surface area contributed by atoms with Crippen molar-refractivity contribution in [2.45, 2.75) is 59.3 Å². The molecular formula is C13H25N2O+. The van der Waals surface area contributed by atoms with E-state index in [-0.39, 0.29) is 11.7 Å². The maximum Gasteiger partial charge on any atom is 0.288 e. The van der Waals surface area contributed by atoms with Crippen LogP contribution >= 0.6 is 0 Å². The van der Waals surface area contributed by atoms with E-state index in [0.29, 0.717) is 6.04 Å². The first-order valence-corrected chi connectivity index (χ1v) is 6.00. The van der Waals surface area contributed by atoms with Gasteiger partial charge in [0, 0.05) is 0 Å². The van der Waals surface area contributed by atoms with Gasteiger partial charge in [0.05, 0.1) is 19.2 Å². The Morgan fingerprint density at radius 2 is 1.81 bits per heavy atom. The average Bonchev–Trinajstić information content (AvgIpc) is 2.44. The molecule has 0 bridgehead atoms. The Kier molecular flexibility index (Phi) is 3.79. The van der Waals surface area contributed by atoms with E-state index in [2.05, 4.69) is 70.1 Å². The van der Waals surface area contributed by atoms with Crippen LogP contribution in [0.5, 0.6) is 0 Å². The third-order valence-corrected chi connectivity index (χ3v) is 2.65. The van der Waals surface area contributed by atoms with Crippen molar-refractivity contribution in [1.82, 2.24) is 4.57 Å². The highest BCUT2D eigenvalue weighted by atomic mass is 16.5. The standard InChI is InChI=1S/C13H25N2O/c1-10(2)15-9-8-14(7)12(15)13(5,6)16-11(3)4/h8-11H,1-7H3/q+1. The number of aryl methyl sites for hydroxylation is 1. The van der Waals surface area contributed by atoms with E-state index in [9.17, 15) is 0 Å². The summed E-state index contributed by atoms with van der Waals surface area (Å²) in [4.78, 5) is 0. The third kappa shape index (κ3) is 2.64. The second kappa shape index (κ2) is 4.58. The number of aromatic nitrogens is 2. The lowest BCUT2D eigenvalue weighted by Crippen LogP contribution is -2.43. The molecule has 0 aliphatic rings. The van der Waals surface area contributed by atoms with Crippen LogP contribution in [-0.2, 0) is 17.4 Å². The predicted octanol–water partition coefficient (Wildman–Crippen LogP) is 2.55. The van der Waals surface area contributed by atoms with E-state index in [1.807, 2.05) is 0 Å². The van der Waals surface area contributed by atoms with Crippen molar-refractivity contribution in [2.75, 3.05) is 0 Å². The first-order valence-electron chi connectivity index (χ1n) is 6.00. The molecule has 0 atom stereocenters. The van der Waals surface area contributed by atoms with Crippen LogP contribution in [0.3, 0.4) is 0 Å². The molecule has 1 heterocycles. The zero-order valence-corrected chi connectivity index (χ0v) is 11.6. The molecule has 1 rings (SSSR count). The van der Waals surface area contributed by atoms with Crippen molar-refractivity contribution >= 4 is 0 Å². The molecule has 1 aromatic heterocycles. The summed E-state index contributed by atoms with van der Waals surface area (Å²) in [6.07, 6.45) is 4.43. The van der Waals surface area contributed by atoms with Gasteiger partial charge in [-0.25, -0.2) is 9.13 Å². The summed E-state index contributed by atoms with van der Waals surface area (Å²) in [7, 11) is 2.07. The van der Waals surface area contributed by atoms with Crippen LogP contribution < -0.4 is 4.57 Å².